The normalized spacial score (nSPS) is 14.2. The number of hydrogen-bond donors (Lipinski definition) is 0. The molecule has 1 radical (unpaired) electrons. The molecule has 89 valence electrons. The summed E-state index contributed by atoms with van der Waals surface area (Å²) in [5.74, 6) is 1.39. The standard InChI is InChI=1S/C17H17Si/c1-18(2)17-10-6-5-9-16(17)15-12-11-13-7-3-4-8-14(13)15/h3-12,18H,1-2H3. The second-order valence-corrected chi connectivity index (χ2v) is 8.01. The zero-order valence-electron chi connectivity index (χ0n) is 10.9. The van der Waals surface area contributed by atoms with E-state index in [4.69, 9.17) is 0 Å². The Kier molecular flexibility index (Phi) is 2.92. The van der Waals surface area contributed by atoms with E-state index in [2.05, 4.69) is 73.8 Å². The first-order valence-corrected chi connectivity index (χ1v) is 9.40. The Morgan fingerprint density at radius 1 is 0.722 bits per heavy atom. The summed E-state index contributed by atoms with van der Waals surface area (Å²) in [4.78, 5) is 0. The van der Waals surface area contributed by atoms with Crippen LogP contribution in [-0.4, -0.2) is 8.80 Å². The van der Waals surface area contributed by atoms with Gasteiger partial charge in [-0.2, -0.15) is 0 Å². The van der Waals surface area contributed by atoms with Crippen molar-refractivity contribution in [1.29, 1.82) is 0 Å². The van der Waals surface area contributed by atoms with Gasteiger partial charge in [0, 0.05) is 0 Å². The van der Waals surface area contributed by atoms with Crippen molar-refractivity contribution in [2.75, 3.05) is 0 Å². The van der Waals surface area contributed by atoms with E-state index in [9.17, 15) is 0 Å². The van der Waals surface area contributed by atoms with Crippen LogP contribution in [0.4, 0.5) is 0 Å². The van der Waals surface area contributed by atoms with Crippen molar-refractivity contribution in [2.24, 2.45) is 0 Å². The van der Waals surface area contributed by atoms with Gasteiger partial charge in [-0.3, -0.25) is 0 Å². The number of benzene rings is 2. The molecule has 18 heavy (non-hydrogen) atoms. The topological polar surface area (TPSA) is 0 Å². The quantitative estimate of drug-likeness (QED) is 0.716. The van der Waals surface area contributed by atoms with Crippen LogP contribution in [0.25, 0.3) is 6.08 Å². The third-order valence-corrected chi connectivity index (χ3v) is 5.30. The molecule has 0 amide bonds. The van der Waals surface area contributed by atoms with Gasteiger partial charge in [0.15, 0.2) is 0 Å². The summed E-state index contributed by atoms with van der Waals surface area (Å²) in [7, 11) is -0.793. The molecule has 1 aliphatic carbocycles. The van der Waals surface area contributed by atoms with Gasteiger partial charge < -0.3 is 0 Å². The molecule has 0 aliphatic heterocycles. The van der Waals surface area contributed by atoms with Crippen LogP contribution in [0.1, 0.15) is 16.7 Å². The summed E-state index contributed by atoms with van der Waals surface area (Å²) in [6, 6.07) is 17.5. The van der Waals surface area contributed by atoms with E-state index in [0.717, 1.165) is 0 Å². The van der Waals surface area contributed by atoms with Gasteiger partial charge in [0.2, 0.25) is 0 Å². The molecule has 0 heterocycles. The summed E-state index contributed by atoms with van der Waals surface area (Å²) in [6.45, 7) is 4.79. The molecule has 0 saturated heterocycles. The first-order valence-electron chi connectivity index (χ1n) is 6.51. The molecule has 3 rings (SSSR count). The summed E-state index contributed by atoms with van der Waals surface area (Å²) < 4.78 is 0. The van der Waals surface area contributed by atoms with Gasteiger partial charge >= 0.3 is 0 Å². The Balaban J connectivity index is 2.11. The second kappa shape index (κ2) is 4.58. The van der Waals surface area contributed by atoms with E-state index < -0.39 is 8.80 Å². The molecule has 0 unspecified atom stereocenters. The van der Waals surface area contributed by atoms with Crippen molar-refractivity contribution in [3.8, 4) is 0 Å². The Labute approximate surface area is 111 Å². The maximum atomic E-state index is 2.39. The minimum absolute atomic E-state index is 0.793. The molecule has 1 heteroatoms. The monoisotopic (exact) mass is 249 g/mol. The van der Waals surface area contributed by atoms with Crippen molar-refractivity contribution in [1.82, 2.24) is 0 Å². The van der Waals surface area contributed by atoms with E-state index >= 15 is 0 Å². The van der Waals surface area contributed by atoms with Crippen LogP contribution in [0, 0.1) is 5.92 Å². The van der Waals surface area contributed by atoms with Gasteiger partial charge in [0.1, 0.15) is 0 Å². The molecular weight excluding hydrogens is 232 g/mol. The first kappa shape index (κ1) is 11.5. The Bertz CT molecular complexity index is 596. The molecule has 0 saturated carbocycles. The molecule has 0 aromatic heterocycles. The Morgan fingerprint density at radius 3 is 2.17 bits per heavy atom. The summed E-state index contributed by atoms with van der Waals surface area (Å²) in [6.07, 6.45) is 4.49. The largest absolute Gasteiger partial charge is 0.0682 e. The molecule has 0 fully saturated rings. The van der Waals surface area contributed by atoms with E-state index in [1.165, 1.54) is 22.6 Å². The lowest BCUT2D eigenvalue weighted by Gasteiger charge is -2.17. The van der Waals surface area contributed by atoms with Gasteiger partial charge in [-0.1, -0.05) is 79.0 Å². The van der Waals surface area contributed by atoms with Crippen molar-refractivity contribution < 1.29 is 0 Å². The predicted molar refractivity (Wildman–Crippen MR) is 81.9 cm³/mol. The third-order valence-electron chi connectivity index (χ3n) is 3.55. The van der Waals surface area contributed by atoms with Crippen molar-refractivity contribution in [3.05, 3.63) is 77.2 Å². The van der Waals surface area contributed by atoms with Crippen molar-refractivity contribution >= 4 is 20.1 Å². The van der Waals surface area contributed by atoms with Crippen LogP contribution in [0.2, 0.25) is 13.1 Å². The molecule has 0 bridgehead atoms. The number of rotatable bonds is 2. The van der Waals surface area contributed by atoms with Gasteiger partial charge in [0.25, 0.3) is 0 Å². The number of allylic oxidation sites excluding steroid dienone is 1. The summed E-state index contributed by atoms with van der Waals surface area (Å²) in [5.41, 5.74) is 4.15. The van der Waals surface area contributed by atoms with Crippen LogP contribution < -0.4 is 5.19 Å². The maximum Gasteiger partial charge on any atom is 0.0651 e. The summed E-state index contributed by atoms with van der Waals surface area (Å²) >= 11 is 0. The Hall–Kier alpha value is -1.60. The van der Waals surface area contributed by atoms with Crippen molar-refractivity contribution in [2.45, 2.75) is 13.1 Å². The lowest BCUT2D eigenvalue weighted by Crippen LogP contribution is -2.28. The molecule has 2 aromatic rings. The second-order valence-electron chi connectivity index (χ2n) is 5.08. The molecule has 0 spiro atoms. The molecular formula is C17H17Si. The Morgan fingerprint density at radius 2 is 1.39 bits per heavy atom. The summed E-state index contributed by atoms with van der Waals surface area (Å²) in [5, 5.41) is 1.56. The lowest BCUT2D eigenvalue weighted by molar-refractivity contribution is 1.33. The van der Waals surface area contributed by atoms with Crippen LogP contribution in [0.15, 0.2) is 54.6 Å². The average molecular weight is 249 g/mol. The van der Waals surface area contributed by atoms with Crippen LogP contribution in [0.3, 0.4) is 0 Å². The number of hydrogen-bond acceptors (Lipinski definition) is 0. The van der Waals surface area contributed by atoms with E-state index in [1.54, 1.807) is 5.19 Å². The molecule has 0 atom stereocenters. The smallest absolute Gasteiger partial charge is 0.0651 e. The highest BCUT2D eigenvalue weighted by Crippen LogP contribution is 2.33. The fraction of sp³-hybridized carbons (Fsp3) is 0.118. The van der Waals surface area contributed by atoms with Gasteiger partial charge in [0.05, 0.1) is 14.7 Å². The van der Waals surface area contributed by atoms with Crippen LogP contribution >= 0.6 is 0 Å². The fourth-order valence-corrected chi connectivity index (χ4v) is 4.00. The highest BCUT2D eigenvalue weighted by molar-refractivity contribution is 6.71. The van der Waals surface area contributed by atoms with Gasteiger partial charge in [-0.15, -0.1) is 0 Å². The molecule has 2 aromatic carbocycles. The van der Waals surface area contributed by atoms with Gasteiger partial charge in [-0.05, 0) is 16.7 Å². The SMILES string of the molecule is C[SiH](C)c1ccccc1[C]1C=Cc2ccccc21. The predicted octanol–water partition coefficient (Wildman–Crippen LogP) is 3.38. The lowest BCUT2D eigenvalue weighted by atomic mass is 9.93. The molecule has 0 nitrogen and oxygen atoms in total. The minimum Gasteiger partial charge on any atom is -0.0682 e. The minimum atomic E-state index is -0.793. The first-order chi connectivity index (χ1) is 8.77. The molecule has 1 aliphatic rings. The maximum absolute atomic E-state index is 2.39. The number of fused-ring (bicyclic) bond motifs is 1. The highest BCUT2D eigenvalue weighted by Gasteiger charge is 2.22. The van der Waals surface area contributed by atoms with Crippen molar-refractivity contribution in [3.63, 3.8) is 0 Å². The zero-order chi connectivity index (χ0) is 12.5. The van der Waals surface area contributed by atoms with Crippen LogP contribution in [-0.2, 0) is 0 Å². The highest BCUT2D eigenvalue weighted by atomic mass is 28.3. The van der Waals surface area contributed by atoms with Crippen LogP contribution in [0.5, 0.6) is 0 Å². The van der Waals surface area contributed by atoms with Gasteiger partial charge in [-0.25, -0.2) is 0 Å². The average Bonchev–Trinajstić information content (AvgIpc) is 2.82. The van der Waals surface area contributed by atoms with E-state index in [-0.39, 0.29) is 0 Å². The zero-order valence-corrected chi connectivity index (χ0v) is 12.0. The molecule has 0 N–H and O–H groups in total. The third kappa shape index (κ3) is 1.85. The van der Waals surface area contributed by atoms with E-state index in [0.29, 0.717) is 0 Å². The fourth-order valence-electron chi connectivity index (χ4n) is 2.63. The van der Waals surface area contributed by atoms with E-state index in [1.807, 2.05) is 0 Å².